The van der Waals surface area contributed by atoms with Crippen LogP contribution in [0.4, 0.5) is 11.4 Å². The Bertz CT molecular complexity index is 1200. The summed E-state index contributed by atoms with van der Waals surface area (Å²) in [6.07, 6.45) is 1.59. The molecule has 0 unspecified atom stereocenters. The van der Waals surface area contributed by atoms with Crippen LogP contribution in [0.3, 0.4) is 0 Å². The molecule has 3 aromatic carbocycles. The van der Waals surface area contributed by atoms with Crippen molar-refractivity contribution in [2.45, 2.75) is 0 Å². The molecule has 3 aromatic rings. The molecule has 8 heteroatoms. The van der Waals surface area contributed by atoms with E-state index in [4.69, 9.17) is 9.47 Å². The number of nitriles is 1. The maximum absolute atomic E-state index is 12.1. The van der Waals surface area contributed by atoms with E-state index in [1.54, 1.807) is 42.5 Å². The number of non-ortho nitro benzene ring substituents is 1. The highest BCUT2D eigenvalue weighted by Crippen LogP contribution is 2.30. The van der Waals surface area contributed by atoms with E-state index in [-0.39, 0.29) is 23.8 Å². The zero-order chi connectivity index (χ0) is 22.9. The largest absolute Gasteiger partial charge is 0.493 e. The van der Waals surface area contributed by atoms with E-state index in [2.05, 4.69) is 11.4 Å². The van der Waals surface area contributed by atoms with Gasteiger partial charge in [-0.1, -0.05) is 36.4 Å². The fourth-order valence-electron chi connectivity index (χ4n) is 2.89. The molecule has 0 fully saturated rings. The molecule has 0 saturated carbocycles. The lowest BCUT2D eigenvalue weighted by Gasteiger charge is -2.12. The van der Waals surface area contributed by atoms with Gasteiger partial charge in [0.25, 0.3) is 11.6 Å². The van der Waals surface area contributed by atoms with Gasteiger partial charge in [-0.2, -0.15) is 5.26 Å². The van der Waals surface area contributed by atoms with Crippen LogP contribution in [0.15, 0.2) is 72.8 Å². The van der Waals surface area contributed by atoms with Crippen molar-refractivity contribution >= 4 is 28.9 Å². The molecule has 1 N–H and O–H groups in total. The summed E-state index contributed by atoms with van der Waals surface area (Å²) in [5, 5.41) is 23.3. The van der Waals surface area contributed by atoms with Crippen molar-refractivity contribution in [3.05, 3.63) is 94.0 Å². The van der Waals surface area contributed by atoms with Gasteiger partial charge >= 0.3 is 0 Å². The number of nitrogens with one attached hydrogen (secondary N) is 1. The standard InChI is InChI=1S/C24H19N3O5/c1-31-23-13-17(12-19(15-25)18-6-5-9-21(14-18)27(29)30)10-11-22(23)32-16-24(28)26-20-7-3-2-4-8-20/h2-14H,16H2,1H3,(H,26,28). The Morgan fingerprint density at radius 3 is 2.56 bits per heavy atom. The summed E-state index contributed by atoms with van der Waals surface area (Å²) in [7, 11) is 1.46. The summed E-state index contributed by atoms with van der Waals surface area (Å²) in [5.41, 5.74) is 1.88. The molecule has 0 aliphatic rings. The number of hydrogen-bond donors (Lipinski definition) is 1. The Hall–Kier alpha value is -4.64. The minimum Gasteiger partial charge on any atom is -0.493 e. The van der Waals surface area contributed by atoms with E-state index in [0.29, 0.717) is 28.3 Å². The summed E-state index contributed by atoms with van der Waals surface area (Å²) < 4.78 is 10.9. The van der Waals surface area contributed by atoms with E-state index in [0.717, 1.165) is 0 Å². The number of rotatable bonds is 8. The highest BCUT2D eigenvalue weighted by Gasteiger charge is 2.11. The highest BCUT2D eigenvalue weighted by molar-refractivity contribution is 5.92. The minimum absolute atomic E-state index is 0.0984. The molecule has 0 aliphatic heterocycles. The Labute approximate surface area is 184 Å². The zero-order valence-corrected chi connectivity index (χ0v) is 17.1. The van der Waals surface area contributed by atoms with Crippen molar-refractivity contribution in [3.63, 3.8) is 0 Å². The SMILES string of the molecule is COc1cc(C=C(C#N)c2cccc([N+](=O)[O-])c2)ccc1OCC(=O)Nc1ccccc1. The smallest absolute Gasteiger partial charge is 0.270 e. The molecule has 0 saturated heterocycles. The van der Waals surface area contributed by atoms with E-state index in [1.165, 1.54) is 25.3 Å². The van der Waals surface area contributed by atoms with Crippen LogP contribution in [-0.4, -0.2) is 24.5 Å². The number of nitro groups is 1. The zero-order valence-electron chi connectivity index (χ0n) is 17.1. The lowest BCUT2D eigenvalue weighted by molar-refractivity contribution is -0.384. The van der Waals surface area contributed by atoms with Crippen LogP contribution >= 0.6 is 0 Å². The van der Waals surface area contributed by atoms with Gasteiger partial charge < -0.3 is 14.8 Å². The second-order valence-electron chi connectivity index (χ2n) is 6.59. The Kier molecular flexibility index (Phi) is 7.17. The Balaban J connectivity index is 1.75. The molecule has 0 atom stereocenters. The number of ether oxygens (including phenoxy) is 2. The summed E-state index contributed by atoms with van der Waals surface area (Å²) in [4.78, 5) is 22.6. The average Bonchev–Trinajstić information content (AvgIpc) is 2.82. The average molecular weight is 429 g/mol. The monoisotopic (exact) mass is 429 g/mol. The Morgan fingerprint density at radius 2 is 1.88 bits per heavy atom. The van der Waals surface area contributed by atoms with Crippen molar-refractivity contribution in [2.75, 3.05) is 19.0 Å². The molecule has 1 amide bonds. The number of carbonyl (C=O) groups excluding carboxylic acids is 1. The van der Waals surface area contributed by atoms with Crippen molar-refractivity contribution in [1.29, 1.82) is 5.26 Å². The predicted molar refractivity (Wildman–Crippen MR) is 120 cm³/mol. The number of nitrogens with zero attached hydrogens (tertiary/aromatic N) is 2. The number of anilines is 1. The third kappa shape index (κ3) is 5.70. The number of carbonyl (C=O) groups is 1. The summed E-state index contributed by atoms with van der Waals surface area (Å²) >= 11 is 0. The summed E-state index contributed by atoms with van der Waals surface area (Å²) in [6, 6.07) is 21.9. The van der Waals surface area contributed by atoms with Crippen LogP contribution in [0.2, 0.25) is 0 Å². The van der Waals surface area contributed by atoms with Gasteiger partial charge in [-0.05, 0) is 41.5 Å². The third-order valence-electron chi connectivity index (χ3n) is 4.40. The minimum atomic E-state index is -0.512. The number of amides is 1. The molecule has 0 spiro atoms. The van der Waals surface area contributed by atoms with Crippen molar-refractivity contribution in [3.8, 4) is 17.6 Å². The van der Waals surface area contributed by atoms with E-state index in [1.807, 2.05) is 18.2 Å². The first kappa shape index (κ1) is 22.1. The van der Waals surface area contributed by atoms with Crippen LogP contribution in [0, 0.1) is 21.4 Å². The molecule has 0 aromatic heterocycles. The number of para-hydroxylation sites is 1. The molecule has 160 valence electrons. The van der Waals surface area contributed by atoms with Gasteiger partial charge in [-0.25, -0.2) is 0 Å². The molecule has 32 heavy (non-hydrogen) atoms. The topological polar surface area (TPSA) is 114 Å². The normalized spacial score (nSPS) is 10.7. The number of nitro benzene ring substituents is 1. The predicted octanol–water partition coefficient (Wildman–Crippen LogP) is 4.69. The van der Waals surface area contributed by atoms with Gasteiger partial charge in [0, 0.05) is 17.8 Å². The lowest BCUT2D eigenvalue weighted by atomic mass is 10.0. The van der Waals surface area contributed by atoms with E-state index in [9.17, 15) is 20.2 Å². The molecule has 0 heterocycles. The van der Waals surface area contributed by atoms with Crippen molar-refractivity contribution < 1.29 is 19.2 Å². The second kappa shape index (κ2) is 10.4. The Morgan fingerprint density at radius 1 is 1.09 bits per heavy atom. The second-order valence-corrected chi connectivity index (χ2v) is 6.59. The molecule has 0 radical (unpaired) electrons. The number of allylic oxidation sites excluding steroid dienone is 1. The van der Waals surface area contributed by atoms with Crippen LogP contribution < -0.4 is 14.8 Å². The number of hydrogen-bond acceptors (Lipinski definition) is 6. The van der Waals surface area contributed by atoms with Crippen LogP contribution in [0.5, 0.6) is 11.5 Å². The maximum atomic E-state index is 12.1. The van der Waals surface area contributed by atoms with Crippen molar-refractivity contribution in [1.82, 2.24) is 0 Å². The lowest BCUT2D eigenvalue weighted by Crippen LogP contribution is -2.20. The van der Waals surface area contributed by atoms with Crippen LogP contribution in [0.1, 0.15) is 11.1 Å². The quantitative estimate of drug-likeness (QED) is 0.241. The van der Waals surface area contributed by atoms with Gasteiger partial charge in [0.05, 0.1) is 23.7 Å². The van der Waals surface area contributed by atoms with Gasteiger partial charge in [-0.3, -0.25) is 14.9 Å². The van der Waals surface area contributed by atoms with E-state index >= 15 is 0 Å². The summed E-state index contributed by atoms with van der Waals surface area (Å²) in [5.74, 6) is 0.420. The molecule has 0 aliphatic carbocycles. The third-order valence-corrected chi connectivity index (χ3v) is 4.40. The van der Waals surface area contributed by atoms with Gasteiger partial charge in [0.1, 0.15) is 0 Å². The van der Waals surface area contributed by atoms with Crippen LogP contribution in [0.25, 0.3) is 11.6 Å². The maximum Gasteiger partial charge on any atom is 0.270 e. The molecule has 3 rings (SSSR count). The summed E-state index contributed by atoms with van der Waals surface area (Å²) in [6.45, 7) is -0.211. The number of benzene rings is 3. The van der Waals surface area contributed by atoms with Gasteiger partial charge in [-0.15, -0.1) is 0 Å². The van der Waals surface area contributed by atoms with Crippen molar-refractivity contribution in [2.24, 2.45) is 0 Å². The fraction of sp³-hybridized carbons (Fsp3) is 0.0833. The molecular formula is C24H19N3O5. The molecular weight excluding hydrogens is 410 g/mol. The van der Waals surface area contributed by atoms with Gasteiger partial charge in [0.15, 0.2) is 18.1 Å². The van der Waals surface area contributed by atoms with E-state index < -0.39 is 4.92 Å². The van der Waals surface area contributed by atoms with Gasteiger partial charge in [0.2, 0.25) is 0 Å². The molecule has 8 nitrogen and oxygen atoms in total. The number of methoxy groups -OCH3 is 1. The highest BCUT2D eigenvalue weighted by atomic mass is 16.6. The molecule has 0 bridgehead atoms. The fourth-order valence-corrected chi connectivity index (χ4v) is 2.89. The first-order valence-electron chi connectivity index (χ1n) is 9.52. The first-order chi connectivity index (χ1) is 15.5. The van der Waals surface area contributed by atoms with Crippen LogP contribution in [-0.2, 0) is 4.79 Å². The first-order valence-corrected chi connectivity index (χ1v) is 9.52.